The lowest BCUT2D eigenvalue weighted by molar-refractivity contribution is 0.138. The number of halogens is 2. The second-order valence-electron chi connectivity index (χ2n) is 4.84. The standard InChI is InChI=1S/C15H22ClFO/c1-3-5-6-11(4-2)9-15(18)12-7-8-13(16)14(17)10-12/h7-8,10-11,15,18H,3-6,9H2,1-2H3. The van der Waals surface area contributed by atoms with Crippen LogP contribution in [0.3, 0.4) is 0 Å². The molecule has 3 heteroatoms. The topological polar surface area (TPSA) is 20.2 Å². The van der Waals surface area contributed by atoms with Gasteiger partial charge in [-0.2, -0.15) is 0 Å². The van der Waals surface area contributed by atoms with Crippen LogP contribution in [0.15, 0.2) is 18.2 Å². The van der Waals surface area contributed by atoms with Gasteiger partial charge in [-0.25, -0.2) is 4.39 Å². The number of benzene rings is 1. The molecular weight excluding hydrogens is 251 g/mol. The van der Waals surface area contributed by atoms with Crippen molar-refractivity contribution in [3.05, 3.63) is 34.6 Å². The van der Waals surface area contributed by atoms with Gasteiger partial charge in [0.1, 0.15) is 5.82 Å². The minimum atomic E-state index is -0.599. The molecular formula is C15H22ClFO. The first kappa shape index (κ1) is 15.5. The van der Waals surface area contributed by atoms with Gasteiger partial charge in [-0.3, -0.25) is 0 Å². The maximum absolute atomic E-state index is 13.3. The molecule has 102 valence electrons. The molecule has 0 aliphatic rings. The molecule has 2 atom stereocenters. The Labute approximate surface area is 114 Å². The van der Waals surface area contributed by atoms with E-state index >= 15 is 0 Å². The van der Waals surface area contributed by atoms with Crippen molar-refractivity contribution >= 4 is 11.6 Å². The average Bonchev–Trinajstić information content (AvgIpc) is 2.37. The van der Waals surface area contributed by atoms with Crippen LogP contribution in [-0.4, -0.2) is 5.11 Å². The summed E-state index contributed by atoms with van der Waals surface area (Å²) < 4.78 is 13.3. The van der Waals surface area contributed by atoms with Crippen molar-refractivity contribution in [3.63, 3.8) is 0 Å². The highest BCUT2D eigenvalue weighted by Gasteiger charge is 2.15. The largest absolute Gasteiger partial charge is 0.388 e. The van der Waals surface area contributed by atoms with Crippen molar-refractivity contribution in [2.75, 3.05) is 0 Å². The van der Waals surface area contributed by atoms with E-state index in [1.165, 1.54) is 25.0 Å². The number of unbranched alkanes of at least 4 members (excludes halogenated alkanes) is 1. The highest BCUT2D eigenvalue weighted by Crippen LogP contribution is 2.28. The van der Waals surface area contributed by atoms with Crippen LogP contribution in [0.4, 0.5) is 4.39 Å². The quantitative estimate of drug-likeness (QED) is 0.730. The van der Waals surface area contributed by atoms with Gasteiger partial charge in [-0.1, -0.05) is 57.2 Å². The molecule has 1 aromatic carbocycles. The molecule has 1 aromatic rings. The van der Waals surface area contributed by atoms with E-state index in [0.29, 0.717) is 17.9 Å². The molecule has 0 bridgehead atoms. The van der Waals surface area contributed by atoms with Crippen molar-refractivity contribution < 1.29 is 9.50 Å². The third-order valence-electron chi connectivity index (χ3n) is 3.43. The summed E-state index contributed by atoms with van der Waals surface area (Å²) in [6.07, 6.45) is 4.62. The highest BCUT2D eigenvalue weighted by molar-refractivity contribution is 6.30. The summed E-state index contributed by atoms with van der Waals surface area (Å²) in [5.41, 5.74) is 0.617. The molecule has 1 rings (SSSR count). The fourth-order valence-electron chi connectivity index (χ4n) is 2.15. The number of rotatable bonds is 7. The summed E-state index contributed by atoms with van der Waals surface area (Å²) in [5.74, 6) is 0.0357. The van der Waals surface area contributed by atoms with Crippen molar-refractivity contribution in [1.82, 2.24) is 0 Å². The molecule has 0 saturated carbocycles. The number of hydrogen-bond acceptors (Lipinski definition) is 1. The fraction of sp³-hybridized carbons (Fsp3) is 0.600. The summed E-state index contributed by atoms with van der Waals surface area (Å²) in [6.45, 7) is 4.30. The monoisotopic (exact) mass is 272 g/mol. The molecule has 0 saturated heterocycles. The number of aliphatic hydroxyl groups is 1. The Morgan fingerprint density at radius 1 is 1.33 bits per heavy atom. The number of hydrogen-bond donors (Lipinski definition) is 1. The molecule has 0 fully saturated rings. The van der Waals surface area contributed by atoms with Crippen LogP contribution in [0.5, 0.6) is 0 Å². The molecule has 0 aliphatic carbocycles. The summed E-state index contributed by atoms with van der Waals surface area (Å²) in [6, 6.07) is 4.53. The molecule has 0 aromatic heterocycles. The normalized spacial score (nSPS) is 14.5. The van der Waals surface area contributed by atoms with Crippen molar-refractivity contribution in [3.8, 4) is 0 Å². The summed E-state index contributed by atoms with van der Waals surface area (Å²) >= 11 is 5.63. The lowest BCUT2D eigenvalue weighted by atomic mass is 9.91. The van der Waals surface area contributed by atoms with E-state index in [9.17, 15) is 9.50 Å². The van der Waals surface area contributed by atoms with Gasteiger partial charge >= 0.3 is 0 Å². The Morgan fingerprint density at radius 2 is 2.06 bits per heavy atom. The minimum absolute atomic E-state index is 0.101. The first-order chi connectivity index (χ1) is 8.58. The van der Waals surface area contributed by atoms with Crippen LogP contribution < -0.4 is 0 Å². The second-order valence-corrected chi connectivity index (χ2v) is 5.25. The Bertz CT molecular complexity index is 368. The molecule has 18 heavy (non-hydrogen) atoms. The fourth-order valence-corrected chi connectivity index (χ4v) is 2.27. The van der Waals surface area contributed by atoms with Crippen LogP contribution >= 0.6 is 11.6 Å². The van der Waals surface area contributed by atoms with E-state index in [4.69, 9.17) is 11.6 Å². The number of aliphatic hydroxyl groups excluding tert-OH is 1. The maximum atomic E-state index is 13.3. The molecule has 1 N–H and O–H groups in total. The van der Waals surface area contributed by atoms with Gasteiger partial charge in [-0.05, 0) is 30.0 Å². The van der Waals surface area contributed by atoms with Crippen molar-refractivity contribution in [2.45, 2.75) is 52.1 Å². The van der Waals surface area contributed by atoms with Crippen LogP contribution in [-0.2, 0) is 0 Å². The van der Waals surface area contributed by atoms with Gasteiger partial charge in [-0.15, -0.1) is 0 Å². The van der Waals surface area contributed by atoms with E-state index < -0.39 is 11.9 Å². The van der Waals surface area contributed by atoms with E-state index in [1.54, 1.807) is 6.07 Å². The Morgan fingerprint density at radius 3 is 2.61 bits per heavy atom. The van der Waals surface area contributed by atoms with Crippen molar-refractivity contribution in [1.29, 1.82) is 0 Å². The Balaban J connectivity index is 2.62. The second kappa shape index (κ2) is 7.75. The van der Waals surface area contributed by atoms with Gasteiger partial charge in [0.05, 0.1) is 11.1 Å². The summed E-state index contributed by atoms with van der Waals surface area (Å²) in [4.78, 5) is 0. The summed E-state index contributed by atoms with van der Waals surface area (Å²) in [5, 5.41) is 10.2. The van der Waals surface area contributed by atoms with Crippen LogP contribution in [0, 0.1) is 11.7 Å². The molecule has 0 spiro atoms. The molecule has 1 nitrogen and oxygen atoms in total. The minimum Gasteiger partial charge on any atom is -0.388 e. The van der Waals surface area contributed by atoms with Gasteiger partial charge in [0.2, 0.25) is 0 Å². The van der Waals surface area contributed by atoms with E-state index in [2.05, 4.69) is 13.8 Å². The Hall–Kier alpha value is -0.600. The van der Waals surface area contributed by atoms with Gasteiger partial charge in [0.15, 0.2) is 0 Å². The first-order valence-corrected chi connectivity index (χ1v) is 7.09. The lowest BCUT2D eigenvalue weighted by Crippen LogP contribution is -2.07. The van der Waals surface area contributed by atoms with E-state index in [-0.39, 0.29) is 5.02 Å². The SMILES string of the molecule is CCCCC(CC)CC(O)c1ccc(Cl)c(F)c1. The zero-order valence-electron chi connectivity index (χ0n) is 11.1. The third-order valence-corrected chi connectivity index (χ3v) is 3.73. The predicted molar refractivity (Wildman–Crippen MR) is 74.3 cm³/mol. The third kappa shape index (κ3) is 4.58. The lowest BCUT2D eigenvalue weighted by Gasteiger charge is -2.19. The van der Waals surface area contributed by atoms with Crippen molar-refractivity contribution in [2.24, 2.45) is 5.92 Å². The maximum Gasteiger partial charge on any atom is 0.142 e. The smallest absolute Gasteiger partial charge is 0.142 e. The highest BCUT2D eigenvalue weighted by atomic mass is 35.5. The first-order valence-electron chi connectivity index (χ1n) is 6.71. The molecule has 0 amide bonds. The van der Waals surface area contributed by atoms with Crippen LogP contribution in [0.1, 0.15) is 57.6 Å². The molecule has 0 radical (unpaired) electrons. The van der Waals surface area contributed by atoms with Crippen LogP contribution in [0.2, 0.25) is 5.02 Å². The zero-order chi connectivity index (χ0) is 13.5. The molecule has 0 aliphatic heterocycles. The average molecular weight is 273 g/mol. The van der Waals surface area contributed by atoms with Gasteiger partial charge in [0.25, 0.3) is 0 Å². The van der Waals surface area contributed by atoms with E-state index in [1.807, 2.05) is 0 Å². The van der Waals surface area contributed by atoms with Crippen LogP contribution in [0.25, 0.3) is 0 Å². The van der Waals surface area contributed by atoms with Gasteiger partial charge in [0, 0.05) is 0 Å². The molecule has 2 unspecified atom stereocenters. The zero-order valence-corrected chi connectivity index (χ0v) is 11.9. The summed E-state index contributed by atoms with van der Waals surface area (Å²) in [7, 11) is 0. The Kier molecular flexibility index (Phi) is 6.66. The molecule has 0 heterocycles. The predicted octanol–water partition coefficient (Wildman–Crippen LogP) is 5.12. The van der Waals surface area contributed by atoms with E-state index in [0.717, 1.165) is 12.8 Å². The van der Waals surface area contributed by atoms with Gasteiger partial charge < -0.3 is 5.11 Å².